The lowest BCUT2D eigenvalue weighted by atomic mass is 10.1. The van der Waals surface area contributed by atoms with Gasteiger partial charge in [0, 0.05) is 5.02 Å². The van der Waals surface area contributed by atoms with Gasteiger partial charge in [-0.2, -0.15) is 0 Å². The maximum atomic E-state index is 9.23. The molecular weight excluding hydrogens is 195 g/mol. The third-order valence-corrected chi connectivity index (χ3v) is 2.13. The first kappa shape index (κ1) is 9.43. The van der Waals surface area contributed by atoms with Crippen molar-refractivity contribution in [3.63, 3.8) is 0 Å². The summed E-state index contributed by atoms with van der Waals surface area (Å²) >= 11 is 11.5. The fraction of sp³-hybridized carbons (Fsp3) is 0.111. The normalized spacial score (nSPS) is 9.83. The van der Waals surface area contributed by atoms with E-state index in [1.165, 1.54) is 6.07 Å². The van der Waals surface area contributed by atoms with Crippen LogP contribution in [0.15, 0.2) is 24.8 Å². The zero-order valence-electron chi connectivity index (χ0n) is 6.35. The number of benzene rings is 1. The Morgan fingerprint density at radius 2 is 2.00 bits per heavy atom. The molecule has 64 valence electrons. The standard InChI is InChI=1S/C9H8Cl2O/c1-2-3-6-4-9(12)8(11)5-7(6)10/h2,4-5,12H,1,3H2. The molecule has 1 aromatic carbocycles. The van der Waals surface area contributed by atoms with Gasteiger partial charge in [-0.3, -0.25) is 0 Å². The molecule has 0 spiro atoms. The highest BCUT2D eigenvalue weighted by Crippen LogP contribution is 2.30. The Morgan fingerprint density at radius 1 is 1.33 bits per heavy atom. The molecule has 0 aliphatic heterocycles. The van der Waals surface area contributed by atoms with E-state index >= 15 is 0 Å². The van der Waals surface area contributed by atoms with Gasteiger partial charge in [0.25, 0.3) is 0 Å². The molecule has 0 amide bonds. The number of aromatic hydroxyl groups is 1. The number of hydrogen-bond donors (Lipinski definition) is 1. The molecule has 0 aliphatic carbocycles. The van der Waals surface area contributed by atoms with Gasteiger partial charge >= 0.3 is 0 Å². The smallest absolute Gasteiger partial charge is 0.134 e. The van der Waals surface area contributed by atoms with E-state index < -0.39 is 0 Å². The summed E-state index contributed by atoms with van der Waals surface area (Å²) in [6.45, 7) is 3.58. The molecule has 0 aliphatic rings. The number of hydrogen-bond acceptors (Lipinski definition) is 1. The molecule has 1 N–H and O–H groups in total. The Hall–Kier alpha value is -0.660. The summed E-state index contributed by atoms with van der Waals surface area (Å²) in [7, 11) is 0. The topological polar surface area (TPSA) is 20.2 Å². The van der Waals surface area contributed by atoms with Gasteiger partial charge in [0.15, 0.2) is 0 Å². The van der Waals surface area contributed by atoms with Crippen LogP contribution in [0.5, 0.6) is 5.75 Å². The van der Waals surface area contributed by atoms with Crippen molar-refractivity contribution >= 4 is 23.2 Å². The zero-order chi connectivity index (χ0) is 9.14. The minimum atomic E-state index is 0.0536. The van der Waals surface area contributed by atoms with E-state index in [4.69, 9.17) is 23.2 Å². The first-order valence-corrected chi connectivity index (χ1v) is 4.18. The highest BCUT2D eigenvalue weighted by atomic mass is 35.5. The van der Waals surface area contributed by atoms with Crippen molar-refractivity contribution in [3.05, 3.63) is 40.4 Å². The van der Waals surface area contributed by atoms with Crippen LogP contribution in [-0.2, 0) is 6.42 Å². The predicted molar refractivity (Wildman–Crippen MR) is 52.0 cm³/mol. The lowest BCUT2D eigenvalue weighted by Crippen LogP contribution is -1.83. The van der Waals surface area contributed by atoms with Crippen molar-refractivity contribution in [2.24, 2.45) is 0 Å². The molecule has 0 atom stereocenters. The Morgan fingerprint density at radius 3 is 2.58 bits per heavy atom. The molecule has 0 saturated heterocycles. The Kier molecular flexibility index (Phi) is 3.01. The van der Waals surface area contributed by atoms with Gasteiger partial charge < -0.3 is 5.11 Å². The van der Waals surface area contributed by atoms with Gasteiger partial charge in [0.1, 0.15) is 5.75 Å². The van der Waals surface area contributed by atoms with Crippen molar-refractivity contribution < 1.29 is 5.11 Å². The summed E-state index contributed by atoms with van der Waals surface area (Å²) in [4.78, 5) is 0. The van der Waals surface area contributed by atoms with Crippen LogP contribution in [0.4, 0.5) is 0 Å². The van der Waals surface area contributed by atoms with Crippen LogP contribution in [0.2, 0.25) is 10.0 Å². The number of rotatable bonds is 2. The van der Waals surface area contributed by atoms with Gasteiger partial charge in [0.2, 0.25) is 0 Å². The third-order valence-electron chi connectivity index (χ3n) is 1.48. The SMILES string of the molecule is C=CCc1cc(O)c(Cl)cc1Cl. The van der Waals surface area contributed by atoms with E-state index in [0.29, 0.717) is 11.4 Å². The summed E-state index contributed by atoms with van der Waals surface area (Å²) in [5.74, 6) is 0.0536. The molecule has 0 saturated carbocycles. The molecule has 0 radical (unpaired) electrons. The van der Waals surface area contributed by atoms with Crippen molar-refractivity contribution in [3.8, 4) is 5.75 Å². The summed E-state index contributed by atoms with van der Waals surface area (Å²) in [6.07, 6.45) is 2.35. The van der Waals surface area contributed by atoms with Gasteiger partial charge in [-0.25, -0.2) is 0 Å². The highest BCUT2D eigenvalue weighted by Gasteiger charge is 2.04. The largest absolute Gasteiger partial charge is 0.506 e. The molecule has 1 rings (SSSR count). The molecule has 1 aromatic rings. The minimum Gasteiger partial charge on any atom is -0.506 e. The van der Waals surface area contributed by atoms with E-state index in [1.54, 1.807) is 12.1 Å². The molecule has 0 bridgehead atoms. The predicted octanol–water partition coefficient (Wildman–Crippen LogP) is 3.43. The number of phenols is 1. The Bertz CT molecular complexity index is 308. The monoisotopic (exact) mass is 202 g/mol. The molecule has 12 heavy (non-hydrogen) atoms. The van der Waals surface area contributed by atoms with Crippen LogP contribution in [0, 0.1) is 0 Å². The first-order valence-electron chi connectivity index (χ1n) is 3.43. The first-order chi connectivity index (χ1) is 5.65. The van der Waals surface area contributed by atoms with E-state index in [-0.39, 0.29) is 10.8 Å². The van der Waals surface area contributed by atoms with Crippen LogP contribution >= 0.6 is 23.2 Å². The molecule has 0 aromatic heterocycles. The van der Waals surface area contributed by atoms with E-state index in [2.05, 4.69) is 6.58 Å². The average molecular weight is 203 g/mol. The van der Waals surface area contributed by atoms with Crippen LogP contribution in [0.25, 0.3) is 0 Å². The summed E-state index contributed by atoms with van der Waals surface area (Å²) in [5.41, 5.74) is 0.827. The van der Waals surface area contributed by atoms with Crippen LogP contribution in [0.3, 0.4) is 0 Å². The summed E-state index contributed by atoms with van der Waals surface area (Å²) in [6, 6.07) is 3.07. The Labute approximate surface area is 81.2 Å². The lowest BCUT2D eigenvalue weighted by molar-refractivity contribution is 0.475. The maximum Gasteiger partial charge on any atom is 0.134 e. The fourth-order valence-electron chi connectivity index (χ4n) is 0.893. The quantitative estimate of drug-likeness (QED) is 0.730. The number of allylic oxidation sites excluding steroid dienone is 1. The van der Waals surface area contributed by atoms with Gasteiger partial charge in [0.05, 0.1) is 5.02 Å². The molecular formula is C9H8Cl2O. The second-order valence-corrected chi connectivity index (χ2v) is 3.20. The summed E-state index contributed by atoms with van der Waals surface area (Å²) < 4.78 is 0. The van der Waals surface area contributed by atoms with Crippen LogP contribution < -0.4 is 0 Å². The molecule has 0 heterocycles. The van der Waals surface area contributed by atoms with Gasteiger partial charge in [-0.1, -0.05) is 29.3 Å². The van der Waals surface area contributed by atoms with Gasteiger partial charge in [-0.05, 0) is 24.1 Å². The van der Waals surface area contributed by atoms with E-state index in [1.807, 2.05) is 0 Å². The second-order valence-electron chi connectivity index (χ2n) is 2.39. The fourth-order valence-corrected chi connectivity index (χ4v) is 1.35. The number of phenolic OH excluding ortho intramolecular Hbond substituents is 1. The van der Waals surface area contributed by atoms with Crippen LogP contribution in [0.1, 0.15) is 5.56 Å². The van der Waals surface area contributed by atoms with Crippen molar-refractivity contribution in [2.75, 3.05) is 0 Å². The van der Waals surface area contributed by atoms with Crippen molar-refractivity contribution in [1.82, 2.24) is 0 Å². The average Bonchev–Trinajstić information content (AvgIpc) is 2.01. The third kappa shape index (κ3) is 1.93. The molecule has 0 fully saturated rings. The highest BCUT2D eigenvalue weighted by molar-refractivity contribution is 6.35. The lowest BCUT2D eigenvalue weighted by Gasteiger charge is -2.03. The molecule has 1 nitrogen and oxygen atoms in total. The maximum absolute atomic E-state index is 9.23. The van der Waals surface area contributed by atoms with Crippen LogP contribution in [-0.4, -0.2) is 5.11 Å². The zero-order valence-corrected chi connectivity index (χ0v) is 7.86. The number of halogens is 2. The Balaban J connectivity index is 3.13. The van der Waals surface area contributed by atoms with Crippen molar-refractivity contribution in [1.29, 1.82) is 0 Å². The van der Waals surface area contributed by atoms with E-state index in [9.17, 15) is 5.11 Å². The molecule has 0 unspecified atom stereocenters. The van der Waals surface area contributed by atoms with Crippen molar-refractivity contribution in [2.45, 2.75) is 6.42 Å². The van der Waals surface area contributed by atoms with E-state index in [0.717, 1.165) is 5.56 Å². The van der Waals surface area contributed by atoms with Gasteiger partial charge in [-0.15, -0.1) is 6.58 Å². The summed E-state index contributed by atoms with van der Waals surface area (Å²) in [5, 5.41) is 10.1. The molecule has 3 heteroatoms. The second kappa shape index (κ2) is 3.83. The minimum absolute atomic E-state index is 0.0536.